The molecule has 0 aliphatic rings. The summed E-state index contributed by atoms with van der Waals surface area (Å²) in [4.78, 5) is 0. The molecule has 2 aromatic carbocycles. The van der Waals surface area contributed by atoms with E-state index in [1.807, 2.05) is 30.4 Å². The second-order valence-electron chi connectivity index (χ2n) is 5.36. The molecule has 0 amide bonds. The number of aryl methyl sites for hydroxylation is 1. The molecule has 0 fully saturated rings. The molecule has 1 atom stereocenters. The summed E-state index contributed by atoms with van der Waals surface area (Å²) in [6.45, 7) is 3.71. The van der Waals surface area contributed by atoms with Gasteiger partial charge in [-0.25, -0.2) is 0 Å². The first-order valence-corrected chi connectivity index (χ1v) is 7.58. The molecule has 2 N–H and O–H groups in total. The quantitative estimate of drug-likeness (QED) is 0.737. The van der Waals surface area contributed by atoms with Gasteiger partial charge in [0.25, 0.3) is 0 Å². The lowest BCUT2D eigenvalue weighted by Gasteiger charge is -2.16. The molecule has 23 heavy (non-hydrogen) atoms. The van der Waals surface area contributed by atoms with Crippen LogP contribution < -0.4 is 4.74 Å². The van der Waals surface area contributed by atoms with E-state index in [0.29, 0.717) is 0 Å². The predicted octanol–water partition coefficient (Wildman–Crippen LogP) is 4.57. The maximum Gasteiger partial charge on any atom is 0.119 e. The topological polar surface area (TPSA) is 49.7 Å². The van der Waals surface area contributed by atoms with Gasteiger partial charge in [-0.1, -0.05) is 36.9 Å². The molecule has 0 heterocycles. The molecule has 1 unspecified atom stereocenters. The maximum atomic E-state index is 10.2. The van der Waals surface area contributed by atoms with E-state index < -0.39 is 0 Å². The molecule has 0 saturated heterocycles. The van der Waals surface area contributed by atoms with Crippen molar-refractivity contribution in [2.45, 2.75) is 18.8 Å². The third-order valence-electron chi connectivity index (χ3n) is 3.79. The van der Waals surface area contributed by atoms with Crippen LogP contribution in [0.4, 0.5) is 0 Å². The van der Waals surface area contributed by atoms with Crippen LogP contribution in [0.3, 0.4) is 0 Å². The largest absolute Gasteiger partial charge is 0.508 e. The number of rotatable bonds is 7. The van der Waals surface area contributed by atoms with Crippen LogP contribution in [0.1, 0.15) is 23.5 Å². The van der Waals surface area contributed by atoms with Crippen LogP contribution in [0.5, 0.6) is 17.2 Å². The van der Waals surface area contributed by atoms with E-state index in [-0.39, 0.29) is 17.4 Å². The van der Waals surface area contributed by atoms with Crippen LogP contribution in [0.25, 0.3) is 0 Å². The van der Waals surface area contributed by atoms with Crippen molar-refractivity contribution >= 4 is 0 Å². The van der Waals surface area contributed by atoms with Gasteiger partial charge in [0.15, 0.2) is 0 Å². The fourth-order valence-corrected chi connectivity index (χ4v) is 2.51. The summed E-state index contributed by atoms with van der Waals surface area (Å²) in [6.07, 6.45) is 7.31. The molecular formula is C20H22O3. The van der Waals surface area contributed by atoms with Gasteiger partial charge in [-0.05, 0) is 48.7 Å². The molecule has 0 spiro atoms. The summed E-state index contributed by atoms with van der Waals surface area (Å²) >= 11 is 0. The Bertz CT molecular complexity index is 672. The van der Waals surface area contributed by atoms with E-state index >= 15 is 0 Å². The maximum absolute atomic E-state index is 10.2. The lowest BCUT2D eigenvalue weighted by molar-refractivity contribution is 0.410. The Labute approximate surface area is 137 Å². The number of allylic oxidation sites excluding steroid dienone is 3. The first kappa shape index (κ1) is 16.7. The van der Waals surface area contributed by atoms with Crippen LogP contribution in [0, 0.1) is 0 Å². The zero-order valence-corrected chi connectivity index (χ0v) is 13.3. The van der Waals surface area contributed by atoms with Gasteiger partial charge in [0.1, 0.15) is 17.2 Å². The Hall–Kier alpha value is -2.68. The molecule has 2 aromatic rings. The number of phenolic OH excluding ortho intramolecular Hbond substituents is 2. The molecule has 120 valence electrons. The third kappa shape index (κ3) is 4.65. The highest BCUT2D eigenvalue weighted by Gasteiger charge is 2.14. The van der Waals surface area contributed by atoms with Crippen molar-refractivity contribution in [2.24, 2.45) is 0 Å². The summed E-state index contributed by atoms with van der Waals surface area (Å²) in [6, 6.07) is 12.5. The fraction of sp³-hybridized carbons (Fsp3) is 0.200. The minimum atomic E-state index is 0.0527. The number of benzene rings is 2. The molecule has 0 aromatic heterocycles. The molecule has 3 nitrogen and oxygen atoms in total. The van der Waals surface area contributed by atoms with E-state index in [0.717, 1.165) is 29.7 Å². The van der Waals surface area contributed by atoms with Crippen LogP contribution in [0.2, 0.25) is 0 Å². The standard InChI is InChI=1S/C20H22O3/c1-3-4-5-16(9-6-15-7-10-17(21)11-8-15)19-14-18(23-2)12-13-20(19)22/h3-5,7-8,10-14,16,21-22H,1,6,9H2,2H3. The minimum Gasteiger partial charge on any atom is -0.508 e. The average molecular weight is 310 g/mol. The number of methoxy groups -OCH3 is 1. The fourth-order valence-electron chi connectivity index (χ4n) is 2.51. The van der Waals surface area contributed by atoms with Crippen molar-refractivity contribution in [2.75, 3.05) is 7.11 Å². The Morgan fingerprint density at radius 2 is 1.87 bits per heavy atom. The summed E-state index contributed by atoms with van der Waals surface area (Å²) in [5.74, 6) is 1.30. The van der Waals surface area contributed by atoms with E-state index in [1.165, 1.54) is 0 Å². The molecule has 3 heteroatoms. The normalized spacial score (nSPS) is 12.2. The number of ether oxygens (including phenoxy) is 1. The molecule has 0 aliphatic heterocycles. The molecule has 0 bridgehead atoms. The van der Waals surface area contributed by atoms with Gasteiger partial charge in [0, 0.05) is 11.5 Å². The van der Waals surface area contributed by atoms with Crippen molar-refractivity contribution < 1.29 is 14.9 Å². The van der Waals surface area contributed by atoms with Crippen molar-refractivity contribution in [1.29, 1.82) is 0 Å². The van der Waals surface area contributed by atoms with Crippen LogP contribution >= 0.6 is 0 Å². The molecular weight excluding hydrogens is 288 g/mol. The highest BCUT2D eigenvalue weighted by molar-refractivity contribution is 5.43. The Morgan fingerprint density at radius 3 is 2.52 bits per heavy atom. The van der Waals surface area contributed by atoms with Crippen molar-refractivity contribution in [3.8, 4) is 17.2 Å². The van der Waals surface area contributed by atoms with Crippen LogP contribution in [0.15, 0.2) is 67.3 Å². The second-order valence-corrected chi connectivity index (χ2v) is 5.36. The number of hydrogen-bond acceptors (Lipinski definition) is 3. The SMILES string of the molecule is C=CC=CC(CCc1ccc(O)cc1)c1cc(OC)ccc1O. The third-order valence-corrected chi connectivity index (χ3v) is 3.79. The van der Waals surface area contributed by atoms with Crippen LogP contribution in [-0.4, -0.2) is 17.3 Å². The van der Waals surface area contributed by atoms with Gasteiger partial charge in [-0.3, -0.25) is 0 Å². The molecule has 0 radical (unpaired) electrons. The second kappa shape index (κ2) is 8.08. The van der Waals surface area contributed by atoms with Gasteiger partial charge in [-0.2, -0.15) is 0 Å². The monoisotopic (exact) mass is 310 g/mol. The number of aromatic hydroxyl groups is 2. The first-order chi connectivity index (χ1) is 11.1. The zero-order valence-electron chi connectivity index (χ0n) is 13.3. The summed E-state index contributed by atoms with van der Waals surface area (Å²) in [7, 11) is 1.61. The van der Waals surface area contributed by atoms with Crippen LogP contribution in [-0.2, 0) is 6.42 Å². The van der Waals surface area contributed by atoms with Crippen molar-refractivity contribution in [3.05, 3.63) is 78.4 Å². The summed E-state index contributed by atoms with van der Waals surface area (Å²) < 4.78 is 5.26. The zero-order chi connectivity index (χ0) is 16.7. The minimum absolute atomic E-state index is 0.0527. The number of hydrogen-bond donors (Lipinski definition) is 2. The van der Waals surface area contributed by atoms with Crippen molar-refractivity contribution in [1.82, 2.24) is 0 Å². The Kier molecular flexibility index (Phi) is 5.87. The predicted molar refractivity (Wildman–Crippen MR) is 93.2 cm³/mol. The van der Waals surface area contributed by atoms with Gasteiger partial charge in [0.2, 0.25) is 0 Å². The lowest BCUT2D eigenvalue weighted by atomic mass is 9.91. The number of phenols is 2. The van der Waals surface area contributed by atoms with E-state index in [1.54, 1.807) is 37.5 Å². The van der Waals surface area contributed by atoms with Gasteiger partial charge < -0.3 is 14.9 Å². The molecule has 2 rings (SSSR count). The Morgan fingerprint density at radius 1 is 1.13 bits per heavy atom. The smallest absolute Gasteiger partial charge is 0.119 e. The van der Waals surface area contributed by atoms with Gasteiger partial charge >= 0.3 is 0 Å². The lowest BCUT2D eigenvalue weighted by Crippen LogP contribution is -1.99. The molecule has 0 aliphatic carbocycles. The van der Waals surface area contributed by atoms with Crippen molar-refractivity contribution in [3.63, 3.8) is 0 Å². The Balaban J connectivity index is 2.21. The molecule has 0 saturated carbocycles. The first-order valence-electron chi connectivity index (χ1n) is 7.58. The highest BCUT2D eigenvalue weighted by Crippen LogP contribution is 2.33. The summed E-state index contributed by atoms with van der Waals surface area (Å²) in [5, 5.41) is 19.5. The van der Waals surface area contributed by atoms with E-state index in [2.05, 4.69) is 6.58 Å². The van der Waals surface area contributed by atoms with E-state index in [4.69, 9.17) is 4.74 Å². The summed E-state index contributed by atoms with van der Waals surface area (Å²) in [5.41, 5.74) is 1.98. The van der Waals surface area contributed by atoms with E-state index in [9.17, 15) is 10.2 Å². The highest BCUT2D eigenvalue weighted by atomic mass is 16.5. The average Bonchev–Trinajstić information content (AvgIpc) is 2.57. The van der Waals surface area contributed by atoms with Gasteiger partial charge in [0.05, 0.1) is 7.11 Å². The van der Waals surface area contributed by atoms with Gasteiger partial charge in [-0.15, -0.1) is 0 Å².